The summed E-state index contributed by atoms with van der Waals surface area (Å²) in [4.78, 5) is 8.37. The van der Waals surface area contributed by atoms with E-state index in [0.717, 1.165) is 24.0 Å². The van der Waals surface area contributed by atoms with Gasteiger partial charge in [0.2, 0.25) is 0 Å². The molecule has 1 aliphatic carbocycles. The SMILES string of the molecule is CN(CC1CCNCC1N1CCC(N2CCCC2)C1)C1CCCCC1. The highest BCUT2D eigenvalue weighted by Crippen LogP contribution is 2.29. The van der Waals surface area contributed by atoms with Gasteiger partial charge in [0.25, 0.3) is 0 Å². The molecular formula is C21H40N4. The second kappa shape index (κ2) is 8.69. The summed E-state index contributed by atoms with van der Waals surface area (Å²) in [5.74, 6) is 0.866. The lowest BCUT2D eigenvalue weighted by atomic mass is 9.89. The topological polar surface area (TPSA) is 21.8 Å². The van der Waals surface area contributed by atoms with E-state index in [1.807, 2.05) is 0 Å². The summed E-state index contributed by atoms with van der Waals surface area (Å²) < 4.78 is 0. The Bertz CT molecular complexity index is 403. The van der Waals surface area contributed by atoms with Gasteiger partial charge in [-0.2, -0.15) is 0 Å². The molecule has 4 aliphatic rings. The monoisotopic (exact) mass is 348 g/mol. The van der Waals surface area contributed by atoms with Gasteiger partial charge >= 0.3 is 0 Å². The maximum atomic E-state index is 3.71. The molecule has 0 radical (unpaired) electrons. The molecule has 0 aromatic rings. The van der Waals surface area contributed by atoms with Crippen LogP contribution in [-0.2, 0) is 0 Å². The fourth-order valence-corrected chi connectivity index (χ4v) is 6.05. The van der Waals surface area contributed by atoms with Gasteiger partial charge in [-0.05, 0) is 71.1 Å². The van der Waals surface area contributed by atoms with E-state index in [9.17, 15) is 0 Å². The predicted octanol–water partition coefficient (Wildman–Crippen LogP) is 2.40. The smallest absolute Gasteiger partial charge is 0.0262 e. The number of likely N-dealkylation sites (tertiary alicyclic amines) is 2. The van der Waals surface area contributed by atoms with Crippen LogP contribution in [-0.4, -0.2) is 85.7 Å². The summed E-state index contributed by atoms with van der Waals surface area (Å²) in [6.45, 7) is 9.14. The highest BCUT2D eigenvalue weighted by atomic mass is 15.3. The molecule has 4 rings (SSSR count). The van der Waals surface area contributed by atoms with Gasteiger partial charge < -0.3 is 10.2 Å². The Morgan fingerprint density at radius 2 is 1.68 bits per heavy atom. The zero-order chi connectivity index (χ0) is 17.1. The summed E-state index contributed by atoms with van der Waals surface area (Å²) in [7, 11) is 2.41. The molecular weight excluding hydrogens is 308 g/mol. The standard InChI is InChI=1S/C21H40N4/c1-23(19-7-3-2-4-8-19)16-18-9-11-22-15-21(18)25-14-10-20(17-25)24-12-5-6-13-24/h18-22H,2-17H2,1H3. The summed E-state index contributed by atoms with van der Waals surface area (Å²) >= 11 is 0. The average molecular weight is 349 g/mol. The van der Waals surface area contributed by atoms with Crippen LogP contribution < -0.4 is 5.32 Å². The molecule has 25 heavy (non-hydrogen) atoms. The maximum Gasteiger partial charge on any atom is 0.0262 e. The van der Waals surface area contributed by atoms with E-state index in [2.05, 4.69) is 27.1 Å². The second-order valence-electron chi connectivity index (χ2n) is 9.23. The van der Waals surface area contributed by atoms with Crippen LogP contribution in [0.5, 0.6) is 0 Å². The average Bonchev–Trinajstić information content (AvgIpc) is 3.34. The van der Waals surface area contributed by atoms with Gasteiger partial charge in [0.05, 0.1) is 0 Å². The molecule has 4 nitrogen and oxygen atoms in total. The highest BCUT2D eigenvalue weighted by Gasteiger charge is 2.37. The summed E-state index contributed by atoms with van der Waals surface area (Å²) in [5.41, 5.74) is 0. The first-order valence-electron chi connectivity index (χ1n) is 11.2. The minimum atomic E-state index is 0.771. The Morgan fingerprint density at radius 1 is 0.880 bits per heavy atom. The molecule has 3 atom stereocenters. The van der Waals surface area contributed by atoms with E-state index in [1.165, 1.54) is 104 Å². The molecule has 3 saturated heterocycles. The van der Waals surface area contributed by atoms with Crippen LogP contribution in [0.4, 0.5) is 0 Å². The third kappa shape index (κ3) is 4.40. The van der Waals surface area contributed by atoms with Crippen molar-refractivity contribution in [1.82, 2.24) is 20.0 Å². The van der Waals surface area contributed by atoms with Crippen molar-refractivity contribution in [2.75, 3.05) is 52.9 Å². The second-order valence-corrected chi connectivity index (χ2v) is 9.23. The quantitative estimate of drug-likeness (QED) is 0.823. The maximum absolute atomic E-state index is 3.71. The van der Waals surface area contributed by atoms with Crippen LogP contribution in [0.25, 0.3) is 0 Å². The molecule has 0 spiro atoms. The first-order valence-corrected chi connectivity index (χ1v) is 11.2. The highest BCUT2D eigenvalue weighted by molar-refractivity contribution is 4.94. The number of nitrogens with zero attached hydrogens (tertiary/aromatic N) is 3. The van der Waals surface area contributed by atoms with Crippen molar-refractivity contribution < 1.29 is 0 Å². The van der Waals surface area contributed by atoms with Crippen molar-refractivity contribution in [1.29, 1.82) is 0 Å². The lowest BCUT2D eigenvalue weighted by Gasteiger charge is -2.42. The summed E-state index contributed by atoms with van der Waals surface area (Å²) in [5, 5.41) is 3.71. The Labute approximate surface area is 155 Å². The molecule has 0 bridgehead atoms. The van der Waals surface area contributed by atoms with E-state index in [0.29, 0.717) is 0 Å². The fraction of sp³-hybridized carbons (Fsp3) is 1.00. The lowest BCUT2D eigenvalue weighted by molar-refractivity contribution is 0.0830. The van der Waals surface area contributed by atoms with Crippen LogP contribution in [0.3, 0.4) is 0 Å². The van der Waals surface area contributed by atoms with E-state index in [-0.39, 0.29) is 0 Å². The first-order chi connectivity index (χ1) is 12.3. The molecule has 3 aliphatic heterocycles. The van der Waals surface area contributed by atoms with Crippen LogP contribution in [0.2, 0.25) is 0 Å². The van der Waals surface area contributed by atoms with Gasteiger partial charge in [-0.25, -0.2) is 0 Å². The Hall–Kier alpha value is -0.160. The number of rotatable bonds is 5. The van der Waals surface area contributed by atoms with E-state index >= 15 is 0 Å². The van der Waals surface area contributed by atoms with Gasteiger partial charge in [0, 0.05) is 44.3 Å². The van der Waals surface area contributed by atoms with E-state index in [1.54, 1.807) is 0 Å². The van der Waals surface area contributed by atoms with Crippen molar-refractivity contribution in [3.8, 4) is 0 Å². The van der Waals surface area contributed by atoms with Crippen molar-refractivity contribution in [3.05, 3.63) is 0 Å². The van der Waals surface area contributed by atoms with E-state index < -0.39 is 0 Å². The Morgan fingerprint density at radius 3 is 2.48 bits per heavy atom. The lowest BCUT2D eigenvalue weighted by Crippen LogP contribution is -2.54. The molecule has 144 valence electrons. The molecule has 0 aromatic carbocycles. The molecule has 0 aromatic heterocycles. The largest absolute Gasteiger partial charge is 0.315 e. The molecule has 3 heterocycles. The molecule has 1 saturated carbocycles. The molecule has 4 fully saturated rings. The normalized spacial score (nSPS) is 36.5. The van der Waals surface area contributed by atoms with Crippen LogP contribution >= 0.6 is 0 Å². The Kier molecular flexibility index (Phi) is 6.33. The van der Waals surface area contributed by atoms with Gasteiger partial charge in [-0.1, -0.05) is 19.3 Å². The van der Waals surface area contributed by atoms with Gasteiger partial charge in [-0.15, -0.1) is 0 Å². The third-order valence-corrected chi connectivity index (χ3v) is 7.63. The number of piperidine rings is 1. The van der Waals surface area contributed by atoms with Gasteiger partial charge in [-0.3, -0.25) is 9.80 Å². The summed E-state index contributed by atoms with van der Waals surface area (Å²) in [6, 6.07) is 2.48. The third-order valence-electron chi connectivity index (χ3n) is 7.63. The number of hydrogen-bond donors (Lipinski definition) is 1. The zero-order valence-electron chi connectivity index (χ0n) is 16.5. The van der Waals surface area contributed by atoms with Crippen LogP contribution in [0.1, 0.15) is 57.8 Å². The Balaban J connectivity index is 1.32. The van der Waals surface area contributed by atoms with Crippen LogP contribution in [0, 0.1) is 5.92 Å². The van der Waals surface area contributed by atoms with Crippen LogP contribution in [0.15, 0.2) is 0 Å². The van der Waals surface area contributed by atoms with Crippen molar-refractivity contribution in [3.63, 3.8) is 0 Å². The zero-order valence-corrected chi connectivity index (χ0v) is 16.5. The van der Waals surface area contributed by atoms with Crippen molar-refractivity contribution in [2.45, 2.75) is 75.9 Å². The molecule has 0 amide bonds. The number of hydrogen-bond acceptors (Lipinski definition) is 4. The van der Waals surface area contributed by atoms with Crippen molar-refractivity contribution in [2.24, 2.45) is 5.92 Å². The predicted molar refractivity (Wildman–Crippen MR) is 105 cm³/mol. The van der Waals surface area contributed by atoms with Gasteiger partial charge in [0.1, 0.15) is 0 Å². The minimum Gasteiger partial charge on any atom is -0.315 e. The molecule has 3 unspecified atom stereocenters. The fourth-order valence-electron chi connectivity index (χ4n) is 6.05. The minimum absolute atomic E-state index is 0.771. The number of nitrogens with one attached hydrogen (secondary N) is 1. The van der Waals surface area contributed by atoms with E-state index in [4.69, 9.17) is 0 Å². The van der Waals surface area contributed by atoms with Crippen molar-refractivity contribution >= 4 is 0 Å². The molecule has 4 heteroatoms. The van der Waals surface area contributed by atoms with Gasteiger partial charge in [0.15, 0.2) is 0 Å². The first kappa shape index (κ1) is 18.2. The summed E-state index contributed by atoms with van der Waals surface area (Å²) in [6.07, 6.45) is 12.9. The molecule has 1 N–H and O–H groups in total.